The average molecular weight is 447 g/mol. The number of ether oxygens (including phenoxy) is 1. The lowest BCUT2D eigenvalue weighted by Crippen LogP contribution is -2.43. The standard InChI is InChI=1S/C18H15BrN4O3S/c19-12-6-16(27-10-12)18(25)21-14-8-26-9-15(14)23-17(24)4-3-13(22-23)11-2-1-5-20-7-11/h1-7,10,14-15H,8-9H2,(H,21,25). The fourth-order valence-corrected chi connectivity index (χ4v) is 4.25. The molecule has 1 amide bonds. The maximum Gasteiger partial charge on any atom is 0.267 e. The molecule has 4 heterocycles. The molecule has 7 nitrogen and oxygen atoms in total. The van der Waals surface area contributed by atoms with Crippen molar-refractivity contribution in [2.24, 2.45) is 0 Å². The highest BCUT2D eigenvalue weighted by Crippen LogP contribution is 2.23. The summed E-state index contributed by atoms with van der Waals surface area (Å²) >= 11 is 4.70. The summed E-state index contributed by atoms with van der Waals surface area (Å²) in [5, 5.41) is 9.29. The van der Waals surface area contributed by atoms with E-state index in [0.717, 1.165) is 10.0 Å². The van der Waals surface area contributed by atoms with Crippen molar-refractivity contribution in [3.05, 3.63) is 67.8 Å². The normalized spacial score (nSPS) is 19.1. The number of halogens is 1. The lowest BCUT2D eigenvalue weighted by molar-refractivity contribution is 0.0929. The van der Waals surface area contributed by atoms with E-state index in [1.807, 2.05) is 17.5 Å². The molecular formula is C18H15BrN4O3S. The van der Waals surface area contributed by atoms with Gasteiger partial charge in [0.15, 0.2) is 0 Å². The predicted octanol–water partition coefficient (Wildman–Crippen LogP) is 2.50. The molecule has 1 N–H and O–H groups in total. The average Bonchev–Trinajstić information content (AvgIpc) is 3.32. The lowest BCUT2D eigenvalue weighted by atomic mass is 10.1. The number of hydrogen-bond donors (Lipinski definition) is 1. The number of carbonyl (C=O) groups excluding carboxylic acids is 1. The lowest BCUT2D eigenvalue weighted by Gasteiger charge is -2.20. The first-order valence-corrected chi connectivity index (χ1v) is 9.92. The van der Waals surface area contributed by atoms with Crippen LogP contribution in [-0.4, -0.2) is 39.9 Å². The minimum atomic E-state index is -0.374. The second kappa shape index (κ2) is 7.71. The summed E-state index contributed by atoms with van der Waals surface area (Å²) in [7, 11) is 0. The Morgan fingerprint density at radius 3 is 2.96 bits per heavy atom. The first-order chi connectivity index (χ1) is 13.1. The molecule has 0 aromatic carbocycles. The van der Waals surface area contributed by atoms with Gasteiger partial charge in [-0.05, 0) is 40.2 Å². The van der Waals surface area contributed by atoms with E-state index in [2.05, 4.69) is 31.3 Å². The molecule has 138 valence electrons. The van der Waals surface area contributed by atoms with Gasteiger partial charge < -0.3 is 10.1 Å². The molecule has 1 aliphatic rings. The molecule has 1 fully saturated rings. The molecule has 0 aliphatic carbocycles. The molecule has 1 saturated heterocycles. The zero-order valence-electron chi connectivity index (χ0n) is 14.0. The van der Waals surface area contributed by atoms with Gasteiger partial charge >= 0.3 is 0 Å². The van der Waals surface area contributed by atoms with Crippen LogP contribution in [0.25, 0.3) is 11.3 Å². The van der Waals surface area contributed by atoms with E-state index in [1.165, 1.54) is 22.1 Å². The highest BCUT2D eigenvalue weighted by molar-refractivity contribution is 9.10. The predicted molar refractivity (Wildman–Crippen MR) is 105 cm³/mol. The largest absolute Gasteiger partial charge is 0.377 e. The Morgan fingerprint density at radius 2 is 2.22 bits per heavy atom. The van der Waals surface area contributed by atoms with Crippen molar-refractivity contribution in [1.29, 1.82) is 0 Å². The van der Waals surface area contributed by atoms with Gasteiger partial charge in [-0.2, -0.15) is 5.10 Å². The molecule has 2 unspecified atom stereocenters. The van der Waals surface area contributed by atoms with Crippen molar-refractivity contribution in [3.8, 4) is 11.3 Å². The van der Waals surface area contributed by atoms with E-state index in [1.54, 1.807) is 24.5 Å². The summed E-state index contributed by atoms with van der Waals surface area (Å²) in [6, 6.07) is 7.88. The van der Waals surface area contributed by atoms with Crippen LogP contribution >= 0.6 is 27.3 Å². The van der Waals surface area contributed by atoms with Crippen molar-refractivity contribution >= 4 is 33.2 Å². The molecule has 3 aromatic heterocycles. The molecule has 9 heteroatoms. The van der Waals surface area contributed by atoms with E-state index in [9.17, 15) is 9.59 Å². The van der Waals surface area contributed by atoms with E-state index in [4.69, 9.17) is 4.74 Å². The molecule has 0 saturated carbocycles. The van der Waals surface area contributed by atoms with E-state index in [0.29, 0.717) is 23.8 Å². The van der Waals surface area contributed by atoms with E-state index in [-0.39, 0.29) is 23.6 Å². The fraction of sp³-hybridized carbons (Fsp3) is 0.222. The van der Waals surface area contributed by atoms with E-state index >= 15 is 0 Å². The van der Waals surface area contributed by atoms with Gasteiger partial charge in [0.1, 0.15) is 6.04 Å². The zero-order valence-corrected chi connectivity index (χ0v) is 16.4. The summed E-state index contributed by atoms with van der Waals surface area (Å²) < 4.78 is 7.79. The number of hydrogen-bond acceptors (Lipinski definition) is 6. The summed E-state index contributed by atoms with van der Waals surface area (Å²) in [6.07, 6.45) is 3.37. The molecule has 0 spiro atoms. The minimum Gasteiger partial charge on any atom is -0.377 e. The number of amides is 1. The Morgan fingerprint density at radius 1 is 1.33 bits per heavy atom. The highest BCUT2D eigenvalue weighted by Gasteiger charge is 2.33. The number of aromatic nitrogens is 3. The van der Waals surface area contributed by atoms with Crippen LogP contribution in [0, 0.1) is 0 Å². The first-order valence-electron chi connectivity index (χ1n) is 8.25. The van der Waals surface area contributed by atoms with Crippen LogP contribution < -0.4 is 10.9 Å². The molecule has 0 bridgehead atoms. The number of rotatable bonds is 4. The SMILES string of the molecule is O=C(NC1COCC1n1nc(-c2cccnc2)ccc1=O)c1cc(Br)cs1. The molecule has 3 aromatic rings. The third-order valence-electron chi connectivity index (χ3n) is 4.25. The molecule has 1 aliphatic heterocycles. The van der Waals surface area contributed by atoms with Crippen LogP contribution in [0.1, 0.15) is 15.7 Å². The van der Waals surface area contributed by atoms with Crippen LogP contribution in [0.5, 0.6) is 0 Å². The second-order valence-corrected chi connectivity index (χ2v) is 7.88. The topological polar surface area (TPSA) is 86.1 Å². The Balaban J connectivity index is 1.60. The quantitative estimate of drug-likeness (QED) is 0.665. The number of thiophene rings is 1. The van der Waals surface area contributed by atoms with Gasteiger partial charge in [0.05, 0.1) is 29.8 Å². The summed E-state index contributed by atoms with van der Waals surface area (Å²) in [6.45, 7) is 0.636. The van der Waals surface area contributed by atoms with Gasteiger partial charge in [0.25, 0.3) is 11.5 Å². The summed E-state index contributed by atoms with van der Waals surface area (Å²) in [4.78, 5) is 29.6. The third kappa shape index (κ3) is 3.85. The maximum atomic E-state index is 12.5. The Kier molecular flexibility index (Phi) is 5.15. The van der Waals surface area contributed by atoms with Gasteiger partial charge in [0, 0.05) is 33.9 Å². The first kappa shape index (κ1) is 18.0. The van der Waals surface area contributed by atoms with Gasteiger partial charge in [-0.1, -0.05) is 0 Å². The summed E-state index contributed by atoms with van der Waals surface area (Å²) in [5.41, 5.74) is 1.22. The Labute approximate surface area is 167 Å². The molecule has 4 rings (SSSR count). The van der Waals surface area contributed by atoms with Crippen molar-refractivity contribution in [1.82, 2.24) is 20.1 Å². The van der Waals surface area contributed by atoms with E-state index < -0.39 is 0 Å². The fourth-order valence-electron chi connectivity index (χ4n) is 2.92. The van der Waals surface area contributed by atoms with Crippen LogP contribution in [0.2, 0.25) is 0 Å². The van der Waals surface area contributed by atoms with Crippen molar-refractivity contribution in [2.45, 2.75) is 12.1 Å². The van der Waals surface area contributed by atoms with Crippen LogP contribution in [0.4, 0.5) is 0 Å². The third-order valence-corrected chi connectivity index (χ3v) is 5.94. The number of pyridine rings is 1. The summed E-state index contributed by atoms with van der Waals surface area (Å²) in [5.74, 6) is -0.192. The van der Waals surface area contributed by atoms with Gasteiger partial charge in [0.2, 0.25) is 0 Å². The van der Waals surface area contributed by atoms with Gasteiger partial charge in [-0.25, -0.2) is 4.68 Å². The zero-order chi connectivity index (χ0) is 18.8. The monoisotopic (exact) mass is 446 g/mol. The van der Waals surface area contributed by atoms with Gasteiger partial charge in [-0.15, -0.1) is 11.3 Å². The second-order valence-electron chi connectivity index (χ2n) is 6.06. The number of carbonyl (C=O) groups is 1. The highest BCUT2D eigenvalue weighted by atomic mass is 79.9. The Hall–Kier alpha value is -2.36. The minimum absolute atomic E-state index is 0.192. The van der Waals surface area contributed by atoms with Crippen molar-refractivity contribution in [3.63, 3.8) is 0 Å². The van der Waals surface area contributed by atoms with Crippen molar-refractivity contribution < 1.29 is 9.53 Å². The Bertz CT molecular complexity index is 1020. The molecular weight excluding hydrogens is 432 g/mol. The maximum absolute atomic E-state index is 12.5. The van der Waals surface area contributed by atoms with Crippen LogP contribution in [0.15, 0.2) is 57.4 Å². The smallest absolute Gasteiger partial charge is 0.267 e. The van der Waals surface area contributed by atoms with Crippen molar-refractivity contribution in [2.75, 3.05) is 13.2 Å². The van der Waals surface area contributed by atoms with Crippen LogP contribution in [-0.2, 0) is 4.74 Å². The molecule has 27 heavy (non-hydrogen) atoms. The molecule has 0 radical (unpaired) electrons. The van der Waals surface area contributed by atoms with Crippen LogP contribution in [0.3, 0.4) is 0 Å². The number of nitrogens with one attached hydrogen (secondary N) is 1. The number of nitrogens with zero attached hydrogens (tertiary/aromatic N) is 3. The molecule has 2 atom stereocenters. The van der Waals surface area contributed by atoms with Gasteiger partial charge in [-0.3, -0.25) is 14.6 Å².